The highest BCUT2D eigenvalue weighted by Gasteiger charge is 2.27. The molecule has 4 nitrogen and oxygen atoms in total. The summed E-state index contributed by atoms with van der Waals surface area (Å²) in [6, 6.07) is 7.37. The second-order valence-corrected chi connectivity index (χ2v) is 5.78. The monoisotopic (exact) mass is 260 g/mol. The Morgan fingerprint density at radius 1 is 1.00 bits per heavy atom. The van der Waals surface area contributed by atoms with Crippen molar-refractivity contribution in [2.45, 2.75) is 37.8 Å². The molecule has 2 N–H and O–H groups in total. The maximum absolute atomic E-state index is 5.99. The Morgan fingerprint density at radius 2 is 1.74 bits per heavy atom. The number of hydrogen-bond donors (Lipinski definition) is 1. The summed E-state index contributed by atoms with van der Waals surface area (Å²) in [5.74, 6) is 1.12. The molecule has 1 aliphatic carbocycles. The molecule has 1 saturated carbocycles. The van der Waals surface area contributed by atoms with Crippen molar-refractivity contribution in [2.75, 3.05) is 31.1 Å². The molecule has 2 heterocycles. The van der Waals surface area contributed by atoms with Gasteiger partial charge in [0.25, 0.3) is 0 Å². The lowest BCUT2D eigenvalue weighted by Gasteiger charge is -2.41. The van der Waals surface area contributed by atoms with Crippen LogP contribution in [0.15, 0.2) is 24.4 Å². The van der Waals surface area contributed by atoms with E-state index in [-0.39, 0.29) is 0 Å². The van der Waals surface area contributed by atoms with E-state index in [1.165, 1.54) is 25.7 Å². The molecular formula is C15H24N4. The van der Waals surface area contributed by atoms with Gasteiger partial charge in [0, 0.05) is 44.5 Å². The summed E-state index contributed by atoms with van der Waals surface area (Å²) in [4.78, 5) is 9.49. The normalized spacial score (nSPS) is 29.4. The van der Waals surface area contributed by atoms with E-state index in [0.717, 1.165) is 38.0 Å². The highest BCUT2D eigenvalue weighted by molar-refractivity contribution is 5.38. The van der Waals surface area contributed by atoms with Crippen LogP contribution in [0.5, 0.6) is 0 Å². The van der Waals surface area contributed by atoms with E-state index in [1.54, 1.807) is 0 Å². The highest BCUT2D eigenvalue weighted by atomic mass is 15.3. The Morgan fingerprint density at radius 3 is 2.37 bits per heavy atom. The summed E-state index contributed by atoms with van der Waals surface area (Å²) in [5.41, 5.74) is 5.99. The van der Waals surface area contributed by atoms with Gasteiger partial charge in [-0.2, -0.15) is 0 Å². The molecule has 19 heavy (non-hydrogen) atoms. The molecule has 0 spiro atoms. The lowest BCUT2D eigenvalue weighted by molar-refractivity contribution is 0.142. The van der Waals surface area contributed by atoms with E-state index < -0.39 is 0 Å². The Labute approximate surface area is 115 Å². The van der Waals surface area contributed by atoms with Crippen molar-refractivity contribution in [3.63, 3.8) is 0 Å². The van der Waals surface area contributed by atoms with Crippen LogP contribution in [0.3, 0.4) is 0 Å². The Hall–Kier alpha value is -1.13. The van der Waals surface area contributed by atoms with Crippen LogP contribution in [-0.2, 0) is 0 Å². The van der Waals surface area contributed by atoms with Crippen LogP contribution in [0.25, 0.3) is 0 Å². The maximum atomic E-state index is 5.99. The topological polar surface area (TPSA) is 45.4 Å². The largest absolute Gasteiger partial charge is 0.354 e. The van der Waals surface area contributed by atoms with Gasteiger partial charge in [-0.05, 0) is 37.8 Å². The molecule has 1 aliphatic heterocycles. The maximum Gasteiger partial charge on any atom is 0.128 e. The van der Waals surface area contributed by atoms with Crippen LogP contribution in [0.4, 0.5) is 5.82 Å². The average molecular weight is 260 g/mol. The number of hydrogen-bond acceptors (Lipinski definition) is 4. The predicted molar refractivity (Wildman–Crippen MR) is 78.3 cm³/mol. The molecule has 3 rings (SSSR count). The summed E-state index contributed by atoms with van der Waals surface area (Å²) >= 11 is 0. The Kier molecular flexibility index (Phi) is 3.99. The summed E-state index contributed by atoms with van der Waals surface area (Å²) < 4.78 is 0. The third-order valence-corrected chi connectivity index (χ3v) is 4.55. The molecule has 104 valence electrons. The summed E-state index contributed by atoms with van der Waals surface area (Å²) in [5, 5.41) is 0. The molecule has 1 aromatic heterocycles. The third kappa shape index (κ3) is 3.07. The van der Waals surface area contributed by atoms with E-state index in [9.17, 15) is 0 Å². The van der Waals surface area contributed by atoms with Gasteiger partial charge < -0.3 is 10.6 Å². The Balaban J connectivity index is 1.52. The quantitative estimate of drug-likeness (QED) is 0.875. The van der Waals surface area contributed by atoms with E-state index in [2.05, 4.69) is 26.9 Å². The van der Waals surface area contributed by atoms with Crippen molar-refractivity contribution in [1.29, 1.82) is 0 Å². The number of aromatic nitrogens is 1. The van der Waals surface area contributed by atoms with E-state index in [4.69, 9.17) is 5.73 Å². The molecule has 2 aliphatic rings. The first-order valence-electron chi connectivity index (χ1n) is 7.48. The molecule has 1 saturated heterocycles. The molecule has 0 aromatic carbocycles. The second kappa shape index (κ2) is 5.88. The molecule has 0 atom stereocenters. The first-order chi connectivity index (χ1) is 9.33. The zero-order valence-electron chi connectivity index (χ0n) is 11.5. The van der Waals surface area contributed by atoms with Gasteiger partial charge in [-0.25, -0.2) is 4.98 Å². The zero-order chi connectivity index (χ0) is 13.1. The second-order valence-electron chi connectivity index (χ2n) is 5.78. The molecule has 0 bridgehead atoms. The van der Waals surface area contributed by atoms with Crippen molar-refractivity contribution >= 4 is 5.82 Å². The molecule has 2 fully saturated rings. The van der Waals surface area contributed by atoms with E-state index >= 15 is 0 Å². The van der Waals surface area contributed by atoms with Crippen LogP contribution < -0.4 is 10.6 Å². The van der Waals surface area contributed by atoms with Gasteiger partial charge in [0.15, 0.2) is 0 Å². The lowest BCUT2D eigenvalue weighted by Crippen LogP contribution is -2.52. The number of nitrogens with zero attached hydrogens (tertiary/aromatic N) is 3. The van der Waals surface area contributed by atoms with Crippen LogP contribution in [0.1, 0.15) is 25.7 Å². The SMILES string of the molecule is N[C@H]1CC[C@@H](N2CCN(c3ccccn3)CC2)CC1. The van der Waals surface area contributed by atoms with Crippen molar-refractivity contribution < 1.29 is 0 Å². The van der Waals surface area contributed by atoms with Gasteiger partial charge in [0.2, 0.25) is 0 Å². The van der Waals surface area contributed by atoms with Gasteiger partial charge in [-0.3, -0.25) is 4.90 Å². The highest BCUT2D eigenvalue weighted by Crippen LogP contribution is 2.24. The molecule has 0 amide bonds. The van der Waals surface area contributed by atoms with Gasteiger partial charge in [-0.1, -0.05) is 6.07 Å². The molecule has 4 heteroatoms. The standard InChI is InChI=1S/C15H24N4/c16-13-4-6-14(7-5-13)18-9-11-19(12-10-18)15-3-1-2-8-17-15/h1-3,8,13-14H,4-7,9-12,16H2/t13-,14+. The molecular weight excluding hydrogens is 236 g/mol. The average Bonchev–Trinajstić information content (AvgIpc) is 2.49. The van der Waals surface area contributed by atoms with E-state index in [1.807, 2.05) is 12.3 Å². The first-order valence-corrected chi connectivity index (χ1v) is 7.48. The van der Waals surface area contributed by atoms with Gasteiger partial charge >= 0.3 is 0 Å². The molecule has 0 radical (unpaired) electrons. The number of anilines is 1. The summed E-state index contributed by atoms with van der Waals surface area (Å²) in [7, 11) is 0. The van der Waals surface area contributed by atoms with Crippen LogP contribution in [-0.4, -0.2) is 48.1 Å². The third-order valence-electron chi connectivity index (χ3n) is 4.55. The fraction of sp³-hybridized carbons (Fsp3) is 0.667. The summed E-state index contributed by atoms with van der Waals surface area (Å²) in [6.45, 7) is 4.52. The predicted octanol–water partition coefficient (Wildman–Crippen LogP) is 1.47. The smallest absolute Gasteiger partial charge is 0.128 e. The summed E-state index contributed by atoms with van der Waals surface area (Å²) in [6.07, 6.45) is 6.84. The van der Waals surface area contributed by atoms with Crippen LogP contribution in [0, 0.1) is 0 Å². The minimum absolute atomic E-state index is 0.450. The number of nitrogens with two attached hydrogens (primary N) is 1. The zero-order valence-corrected chi connectivity index (χ0v) is 11.5. The van der Waals surface area contributed by atoms with Gasteiger partial charge in [0.1, 0.15) is 5.82 Å². The van der Waals surface area contributed by atoms with E-state index in [0.29, 0.717) is 6.04 Å². The van der Waals surface area contributed by atoms with Crippen molar-refractivity contribution in [3.05, 3.63) is 24.4 Å². The van der Waals surface area contributed by atoms with Crippen molar-refractivity contribution in [3.8, 4) is 0 Å². The Bertz CT molecular complexity index is 378. The fourth-order valence-electron chi connectivity index (χ4n) is 3.32. The fourth-order valence-corrected chi connectivity index (χ4v) is 3.32. The number of rotatable bonds is 2. The first kappa shape index (κ1) is 12.9. The number of pyridine rings is 1. The van der Waals surface area contributed by atoms with Crippen molar-refractivity contribution in [1.82, 2.24) is 9.88 Å². The molecule has 0 unspecified atom stereocenters. The minimum atomic E-state index is 0.450. The molecule has 1 aromatic rings. The van der Waals surface area contributed by atoms with Gasteiger partial charge in [-0.15, -0.1) is 0 Å². The lowest BCUT2D eigenvalue weighted by atomic mass is 9.90. The van der Waals surface area contributed by atoms with Crippen LogP contribution >= 0.6 is 0 Å². The van der Waals surface area contributed by atoms with Crippen molar-refractivity contribution in [2.24, 2.45) is 5.73 Å². The number of piperazine rings is 1. The minimum Gasteiger partial charge on any atom is -0.354 e. The van der Waals surface area contributed by atoms with Crippen LogP contribution in [0.2, 0.25) is 0 Å². The van der Waals surface area contributed by atoms with Gasteiger partial charge in [0.05, 0.1) is 0 Å².